The van der Waals surface area contributed by atoms with Gasteiger partial charge in [0.15, 0.2) is 0 Å². The molecule has 1 aromatic rings. The van der Waals surface area contributed by atoms with Gasteiger partial charge in [0, 0.05) is 23.6 Å². The first kappa shape index (κ1) is 12.3. The topological polar surface area (TPSA) is 32.3 Å². The Hall–Kier alpha value is -0.800. The van der Waals surface area contributed by atoms with Crippen molar-refractivity contribution >= 4 is 17.3 Å². The minimum Gasteiger partial charge on any atom is -0.396 e. The fraction of sp³-hybridized carbons (Fsp3) is 0.455. The summed E-state index contributed by atoms with van der Waals surface area (Å²) < 4.78 is 13.3. The molecule has 0 bridgehead atoms. The zero-order valence-corrected chi connectivity index (χ0v) is 9.61. The van der Waals surface area contributed by atoms with Crippen LogP contribution in [0.25, 0.3) is 0 Å². The normalized spacial score (nSPS) is 11.5. The van der Waals surface area contributed by atoms with Crippen molar-refractivity contribution in [2.24, 2.45) is 5.41 Å². The van der Waals surface area contributed by atoms with Crippen LogP contribution in [0.15, 0.2) is 18.2 Å². The molecule has 0 aliphatic heterocycles. The predicted octanol–water partition coefficient (Wildman–Crippen LogP) is 2.91. The maximum atomic E-state index is 13.3. The zero-order valence-electron chi connectivity index (χ0n) is 8.85. The van der Waals surface area contributed by atoms with Crippen LogP contribution in [0.1, 0.15) is 13.8 Å². The Kier molecular flexibility index (Phi) is 3.94. The second-order valence-electron chi connectivity index (χ2n) is 4.30. The smallest absolute Gasteiger partial charge is 0.147 e. The Morgan fingerprint density at radius 3 is 2.67 bits per heavy atom. The lowest BCUT2D eigenvalue weighted by Crippen LogP contribution is -2.27. The van der Waals surface area contributed by atoms with Gasteiger partial charge < -0.3 is 10.4 Å². The average molecular weight is 232 g/mol. The molecular weight excluding hydrogens is 217 g/mol. The van der Waals surface area contributed by atoms with E-state index in [1.165, 1.54) is 6.07 Å². The number of hydrogen-bond donors (Lipinski definition) is 2. The van der Waals surface area contributed by atoms with Crippen LogP contribution in [-0.4, -0.2) is 18.3 Å². The van der Waals surface area contributed by atoms with Crippen molar-refractivity contribution in [3.63, 3.8) is 0 Å². The second-order valence-corrected chi connectivity index (χ2v) is 4.74. The molecule has 0 saturated carbocycles. The van der Waals surface area contributed by atoms with Crippen LogP contribution < -0.4 is 5.32 Å². The van der Waals surface area contributed by atoms with Gasteiger partial charge in [-0.15, -0.1) is 0 Å². The molecule has 0 spiro atoms. The van der Waals surface area contributed by atoms with Gasteiger partial charge in [-0.1, -0.05) is 25.4 Å². The SMILES string of the molecule is CC(C)(CO)CNc1ccc(Cl)cc1F. The lowest BCUT2D eigenvalue weighted by molar-refractivity contribution is 0.170. The number of aliphatic hydroxyl groups is 1. The highest BCUT2D eigenvalue weighted by Gasteiger charge is 2.16. The molecular formula is C11H15ClFNO. The third kappa shape index (κ3) is 3.68. The van der Waals surface area contributed by atoms with Gasteiger partial charge in [-0.25, -0.2) is 4.39 Å². The quantitative estimate of drug-likeness (QED) is 0.835. The standard InChI is InChI=1S/C11H15ClFNO/c1-11(2,7-15)6-14-10-4-3-8(12)5-9(10)13/h3-5,14-15H,6-7H2,1-2H3. The maximum absolute atomic E-state index is 13.3. The number of anilines is 1. The van der Waals surface area contributed by atoms with E-state index in [9.17, 15) is 4.39 Å². The molecule has 2 N–H and O–H groups in total. The van der Waals surface area contributed by atoms with Crippen molar-refractivity contribution in [3.05, 3.63) is 29.0 Å². The van der Waals surface area contributed by atoms with Crippen molar-refractivity contribution in [2.75, 3.05) is 18.5 Å². The summed E-state index contributed by atoms with van der Waals surface area (Å²) in [5, 5.41) is 12.3. The van der Waals surface area contributed by atoms with Crippen LogP contribution in [0, 0.1) is 11.2 Å². The first-order chi connectivity index (χ1) is 6.94. The summed E-state index contributed by atoms with van der Waals surface area (Å²) in [5.74, 6) is -0.378. The van der Waals surface area contributed by atoms with Crippen LogP contribution in [0.4, 0.5) is 10.1 Å². The van der Waals surface area contributed by atoms with Gasteiger partial charge in [0.05, 0.1) is 5.69 Å². The molecule has 0 saturated heterocycles. The van der Waals surface area contributed by atoms with Crippen LogP contribution in [0.3, 0.4) is 0 Å². The number of benzene rings is 1. The van der Waals surface area contributed by atoms with Crippen LogP contribution in [-0.2, 0) is 0 Å². The Morgan fingerprint density at radius 2 is 2.13 bits per heavy atom. The third-order valence-corrected chi connectivity index (χ3v) is 2.35. The first-order valence-electron chi connectivity index (χ1n) is 4.74. The van der Waals surface area contributed by atoms with Crippen LogP contribution in [0.5, 0.6) is 0 Å². The van der Waals surface area contributed by atoms with Crippen molar-refractivity contribution in [1.82, 2.24) is 0 Å². The van der Waals surface area contributed by atoms with Gasteiger partial charge in [0.1, 0.15) is 5.82 Å². The van der Waals surface area contributed by atoms with Crippen LogP contribution >= 0.6 is 11.6 Å². The van der Waals surface area contributed by atoms with Crippen molar-refractivity contribution < 1.29 is 9.50 Å². The average Bonchev–Trinajstić information content (AvgIpc) is 2.16. The molecule has 0 fully saturated rings. The van der Waals surface area contributed by atoms with Gasteiger partial charge in [-0.3, -0.25) is 0 Å². The maximum Gasteiger partial charge on any atom is 0.147 e. The van der Waals surface area contributed by atoms with Gasteiger partial charge in [0.25, 0.3) is 0 Å². The first-order valence-corrected chi connectivity index (χ1v) is 5.12. The zero-order chi connectivity index (χ0) is 11.5. The molecule has 0 unspecified atom stereocenters. The Labute approximate surface area is 94.1 Å². The number of halogens is 2. The minimum absolute atomic E-state index is 0.0508. The highest BCUT2D eigenvalue weighted by molar-refractivity contribution is 6.30. The van der Waals surface area contributed by atoms with E-state index in [-0.39, 0.29) is 17.8 Å². The molecule has 0 radical (unpaired) electrons. The highest BCUT2D eigenvalue weighted by Crippen LogP contribution is 2.21. The summed E-state index contributed by atoms with van der Waals surface area (Å²) in [5.41, 5.74) is 0.132. The molecule has 0 aliphatic carbocycles. The molecule has 15 heavy (non-hydrogen) atoms. The Morgan fingerprint density at radius 1 is 1.47 bits per heavy atom. The summed E-state index contributed by atoms with van der Waals surface area (Å²) in [6, 6.07) is 4.47. The molecule has 84 valence electrons. The number of rotatable bonds is 4. The second kappa shape index (κ2) is 4.81. The molecule has 0 amide bonds. The highest BCUT2D eigenvalue weighted by atomic mass is 35.5. The fourth-order valence-electron chi connectivity index (χ4n) is 1.02. The summed E-state index contributed by atoms with van der Waals surface area (Å²) in [6.45, 7) is 4.35. The van der Waals surface area contributed by atoms with Crippen LogP contribution in [0.2, 0.25) is 5.02 Å². The van der Waals surface area contributed by atoms with E-state index in [1.54, 1.807) is 12.1 Å². The summed E-state index contributed by atoms with van der Waals surface area (Å²) >= 11 is 5.63. The molecule has 0 heterocycles. The van der Waals surface area contributed by atoms with Gasteiger partial charge >= 0.3 is 0 Å². The summed E-state index contributed by atoms with van der Waals surface area (Å²) in [7, 11) is 0. The molecule has 1 aromatic carbocycles. The largest absolute Gasteiger partial charge is 0.396 e. The lowest BCUT2D eigenvalue weighted by Gasteiger charge is -2.22. The molecule has 1 rings (SSSR count). The molecule has 0 aliphatic rings. The van der Waals surface area contributed by atoms with E-state index in [0.717, 1.165) is 0 Å². The molecule has 2 nitrogen and oxygen atoms in total. The van der Waals surface area contributed by atoms with Crippen molar-refractivity contribution in [1.29, 1.82) is 0 Å². The van der Waals surface area contributed by atoms with Gasteiger partial charge in [-0.05, 0) is 18.2 Å². The lowest BCUT2D eigenvalue weighted by atomic mass is 9.95. The number of hydrogen-bond acceptors (Lipinski definition) is 2. The predicted molar refractivity (Wildman–Crippen MR) is 60.8 cm³/mol. The molecule has 0 aromatic heterocycles. The van der Waals surface area contributed by atoms with E-state index in [2.05, 4.69) is 5.32 Å². The third-order valence-electron chi connectivity index (χ3n) is 2.12. The van der Waals surface area contributed by atoms with E-state index in [1.807, 2.05) is 13.8 Å². The summed E-state index contributed by atoms with van der Waals surface area (Å²) in [4.78, 5) is 0. The van der Waals surface area contributed by atoms with Gasteiger partial charge in [-0.2, -0.15) is 0 Å². The molecule has 4 heteroatoms. The molecule has 0 atom stereocenters. The van der Waals surface area contributed by atoms with Gasteiger partial charge in [0.2, 0.25) is 0 Å². The number of aliphatic hydroxyl groups excluding tert-OH is 1. The Bertz CT molecular complexity index is 341. The van der Waals surface area contributed by atoms with E-state index in [4.69, 9.17) is 16.7 Å². The Balaban J connectivity index is 2.66. The van der Waals surface area contributed by atoms with Crippen molar-refractivity contribution in [3.8, 4) is 0 Å². The monoisotopic (exact) mass is 231 g/mol. The fourth-order valence-corrected chi connectivity index (χ4v) is 1.18. The van der Waals surface area contributed by atoms with E-state index in [0.29, 0.717) is 17.3 Å². The van der Waals surface area contributed by atoms with E-state index < -0.39 is 0 Å². The minimum atomic E-state index is -0.378. The van der Waals surface area contributed by atoms with Crippen molar-refractivity contribution in [2.45, 2.75) is 13.8 Å². The van der Waals surface area contributed by atoms with E-state index >= 15 is 0 Å². The number of nitrogens with one attached hydrogen (secondary N) is 1. The summed E-state index contributed by atoms with van der Waals surface area (Å²) in [6.07, 6.45) is 0.